The van der Waals surface area contributed by atoms with Crippen molar-refractivity contribution in [3.05, 3.63) is 42.5 Å². The van der Waals surface area contributed by atoms with Crippen LogP contribution in [0.15, 0.2) is 42.5 Å². The molecule has 3 rings (SSSR count). The van der Waals surface area contributed by atoms with Gasteiger partial charge in [0, 0.05) is 33.1 Å². The van der Waals surface area contributed by atoms with Gasteiger partial charge in [0.05, 0.1) is 20.3 Å². The molecule has 0 saturated heterocycles. The molecule has 0 aliphatic carbocycles. The van der Waals surface area contributed by atoms with Gasteiger partial charge in [-0.05, 0) is 30.7 Å². The topological polar surface area (TPSA) is 27.7 Å². The fourth-order valence-electron chi connectivity index (χ4n) is 2.97. The molecule has 0 aromatic heterocycles. The molecule has 0 N–H and O–H groups in total. The van der Waals surface area contributed by atoms with E-state index >= 15 is 0 Å². The Balaban J connectivity index is 2.22. The highest BCUT2D eigenvalue weighted by Crippen LogP contribution is 2.44. The maximum Gasteiger partial charge on any atom is 0.135 e. The predicted octanol–water partition coefficient (Wildman–Crippen LogP) is 5.49. The molecule has 0 saturated carbocycles. The molecule has 0 atom stereocenters. The van der Waals surface area contributed by atoms with Gasteiger partial charge in [-0.2, -0.15) is 23.5 Å². The fraction of sp³-hybridized carbons (Fsp3) is 0.333. The highest BCUT2D eigenvalue weighted by Gasteiger charge is 2.16. The summed E-state index contributed by atoms with van der Waals surface area (Å²) < 4.78 is 17.9. The molecule has 0 amide bonds. The van der Waals surface area contributed by atoms with Crippen molar-refractivity contribution in [3.63, 3.8) is 0 Å². The number of ether oxygens (including phenoxy) is 3. The molecule has 0 aliphatic rings. The predicted molar refractivity (Wildman–Crippen MR) is 116 cm³/mol. The minimum atomic E-state index is 0.671. The fourth-order valence-corrected chi connectivity index (χ4v) is 3.47. The summed E-state index contributed by atoms with van der Waals surface area (Å²) in [4.78, 5) is 0. The van der Waals surface area contributed by atoms with Gasteiger partial charge in [-0.15, -0.1) is 0 Å². The highest BCUT2D eigenvalue weighted by molar-refractivity contribution is 7.98. The summed E-state index contributed by atoms with van der Waals surface area (Å²) in [6.07, 6.45) is 4.18. The quantitative estimate of drug-likeness (QED) is 0.357. The van der Waals surface area contributed by atoms with E-state index in [0.717, 1.165) is 50.3 Å². The lowest BCUT2D eigenvalue weighted by molar-refractivity contribution is 0.346. The van der Waals surface area contributed by atoms with Crippen LogP contribution in [0.25, 0.3) is 21.5 Å². The van der Waals surface area contributed by atoms with Crippen molar-refractivity contribution in [2.75, 3.05) is 44.3 Å². The second-order valence-corrected chi connectivity index (χ2v) is 7.77. The lowest BCUT2D eigenvalue weighted by Gasteiger charge is -2.18. The van der Waals surface area contributed by atoms with Gasteiger partial charge in [-0.1, -0.05) is 24.3 Å². The zero-order valence-corrected chi connectivity index (χ0v) is 17.0. The zero-order valence-electron chi connectivity index (χ0n) is 15.4. The summed E-state index contributed by atoms with van der Waals surface area (Å²) >= 11 is 3.56. The standard InChI is InChI=1S/C21H24O3S2/c1-22-15-8-9-18-19(14-15)21(24-11-13-26-3)17-7-5-4-6-16(17)20(18)23-10-12-25-2/h4-9,14H,10-13H2,1-3H3. The SMILES string of the molecule is COc1ccc2c(OCCSC)c3ccccc3c(OCCSC)c2c1. The van der Waals surface area contributed by atoms with Gasteiger partial charge < -0.3 is 14.2 Å². The summed E-state index contributed by atoms with van der Waals surface area (Å²) in [5.74, 6) is 4.55. The van der Waals surface area contributed by atoms with E-state index in [-0.39, 0.29) is 0 Å². The smallest absolute Gasteiger partial charge is 0.135 e. The average molecular weight is 389 g/mol. The molecule has 0 radical (unpaired) electrons. The Morgan fingerprint density at radius 3 is 1.81 bits per heavy atom. The van der Waals surface area contributed by atoms with E-state index in [0.29, 0.717) is 13.2 Å². The van der Waals surface area contributed by atoms with Crippen molar-refractivity contribution in [1.29, 1.82) is 0 Å². The maximum absolute atomic E-state index is 6.22. The molecule has 0 bridgehead atoms. The molecule has 138 valence electrons. The molecule has 0 unspecified atom stereocenters. The van der Waals surface area contributed by atoms with E-state index in [1.165, 1.54) is 0 Å². The van der Waals surface area contributed by atoms with Gasteiger partial charge in [0.25, 0.3) is 0 Å². The molecule has 5 heteroatoms. The van der Waals surface area contributed by atoms with Crippen LogP contribution < -0.4 is 14.2 Å². The summed E-state index contributed by atoms with van der Waals surface area (Å²) in [6, 6.07) is 14.4. The molecule has 3 aromatic carbocycles. The normalized spacial score (nSPS) is 11.0. The van der Waals surface area contributed by atoms with E-state index < -0.39 is 0 Å². The zero-order chi connectivity index (χ0) is 18.4. The van der Waals surface area contributed by atoms with Crippen molar-refractivity contribution in [2.45, 2.75) is 0 Å². The molecular formula is C21H24O3S2. The third-order valence-electron chi connectivity index (χ3n) is 4.20. The Labute approximate surface area is 163 Å². The van der Waals surface area contributed by atoms with E-state index in [1.807, 2.05) is 24.3 Å². The van der Waals surface area contributed by atoms with Crippen LogP contribution in [0.1, 0.15) is 0 Å². The molecule has 0 heterocycles. The van der Waals surface area contributed by atoms with Gasteiger partial charge in [-0.3, -0.25) is 0 Å². The van der Waals surface area contributed by atoms with Gasteiger partial charge >= 0.3 is 0 Å². The lowest BCUT2D eigenvalue weighted by atomic mass is 10.00. The Morgan fingerprint density at radius 2 is 1.27 bits per heavy atom. The minimum Gasteiger partial charge on any atom is -0.497 e. The van der Waals surface area contributed by atoms with E-state index in [9.17, 15) is 0 Å². The van der Waals surface area contributed by atoms with Crippen LogP contribution in [0, 0.1) is 0 Å². The van der Waals surface area contributed by atoms with Crippen molar-refractivity contribution in [1.82, 2.24) is 0 Å². The Hall–Kier alpha value is -1.72. The van der Waals surface area contributed by atoms with Crippen LogP contribution in [-0.2, 0) is 0 Å². The van der Waals surface area contributed by atoms with Gasteiger partial charge in [0.2, 0.25) is 0 Å². The van der Waals surface area contributed by atoms with Crippen LogP contribution in [0.4, 0.5) is 0 Å². The number of thioether (sulfide) groups is 2. The Bertz CT molecular complexity index is 880. The second kappa shape index (κ2) is 9.28. The van der Waals surface area contributed by atoms with Crippen LogP contribution in [0.5, 0.6) is 17.2 Å². The number of methoxy groups -OCH3 is 1. The number of benzene rings is 3. The minimum absolute atomic E-state index is 0.671. The monoisotopic (exact) mass is 388 g/mol. The van der Waals surface area contributed by atoms with Crippen molar-refractivity contribution < 1.29 is 14.2 Å². The first-order valence-electron chi connectivity index (χ1n) is 8.56. The molecular weight excluding hydrogens is 364 g/mol. The molecule has 3 nitrogen and oxygen atoms in total. The van der Waals surface area contributed by atoms with Crippen LogP contribution in [0.2, 0.25) is 0 Å². The molecule has 26 heavy (non-hydrogen) atoms. The Kier molecular flexibility index (Phi) is 6.80. The van der Waals surface area contributed by atoms with Gasteiger partial charge in [0.1, 0.15) is 17.2 Å². The third-order valence-corrected chi connectivity index (χ3v) is 5.35. The summed E-state index contributed by atoms with van der Waals surface area (Å²) in [7, 11) is 1.69. The number of hydrogen-bond acceptors (Lipinski definition) is 5. The van der Waals surface area contributed by atoms with E-state index in [4.69, 9.17) is 14.2 Å². The van der Waals surface area contributed by atoms with Gasteiger partial charge in [0.15, 0.2) is 0 Å². The van der Waals surface area contributed by atoms with E-state index in [1.54, 1.807) is 30.6 Å². The van der Waals surface area contributed by atoms with E-state index in [2.05, 4.69) is 30.7 Å². The third kappa shape index (κ3) is 3.99. The van der Waals surface area contributed by atoms with Crippen molar-refractivity contribution in [2.24, 2.45) is 0 Å². The first-order chi connectivity index (χ1) is 12.8. The first kappa shape index (κ1) is 19.1. The van der Waals surface area contributed by atoms with Gasteiger partial charge in [-0.25, -0.2) is 0 Å². The van der Waals surface area contributed by atoms with Crippen LogP contribution >= 0.6 is 23.5 Å². The Morgan fingerprint density at radius 1 is 0.731 bits per heavy atom. The molecule has 0 spiro atoms. The number of hydrogen-bond donors (Lipinski definition) is 0. The largest absolute Gasteiger partial charge is 0.497 e. The second-order valence-electron chi connectivity index (χ2n) is 5.80. The summed E-state index contributed by atoms with van der Waals surface area (Å²) in [5.41, 5.74) is 0. The van der Waals surface area contributed by atoms with Crippen molar-refractivity contribution >= 4 is 45.1 Å². The summed E-state index contributed by atoms with van der Waals surface area (Å²) in [5, 5.41) is 4.26. The number of rotatable bonds is 9. The lowest BCUT2D eigenvalue weighted by Crippen LogP contribution is -2.04. The molecule has 3 aromatic rings. The molecule has 0 aliphatic heterocycles. The summed E-state index contributed by atoms with van der Waals surface area (Å²) in [6.45, 7) is 1.35. The van der Waals surface area contributed by atoms with Crippen LogP contribution in [0.3, 0.4) is 0 Å². The van der Waals surface area contributed by atoms with Crippen molar-refractivity contribution in [3.8, 4) is 17.2 Å². The first-order valence-corrected chi connectivity index (χ1v) is 11.3. The molecule has 0 fully saturated rings. The number of fused-ring (bicyclic) bond motifs is 2. The van der Waals surface area contributed by atoms with Crippen LogP contribution in [-0.4, -0.2) is 44.3 Å². The average Bonchev–Trinajstić information content (AvgIpc) is 2.69. The highest BCUT2D eigenvalue weighted by atomic mass is 32.2. The maximum atomic E-state index is 6.22.